The van der Waals surface area contributed by atoms with Gasteiger partial charge in [0.1, 0.15) is 5.82 Å². The fraction of sp³-hybridized carbons (Fsp3) is 0.250. The van der Waals surface area contributed by atoms with E-state index in [-0.39, 0.29) is 5.82 Å². The van der Waals surface area contributed by atoms with Crippen molar-refractivity contribution in [2.24, 2.45) is 12.8 Å². The summed E-state index contributed by atoms with van der Waals surface area (Å²) in [6, 6.07) is 8.23. The average molecular weight is 523 g/mol. The number of piperazine rings is 1. The van der Waals surface area contributed by atoms with Crippen molar-refractivity contribution in [3.8, 4) is 11.1 Å². The lowest BCUT2D eigenvalue weighted by molar-refractivity contribution is 0.585. The van der Waals surface area contributed by atoms with E-state index in [9.17, 15) is 4.39 Å². The minimum atomic E-state index is -0.848. The smallest absolute Gasteiger partial charge is 0.231 e. The second-order valence-electron chi connectivity index (χ2n) is 9.91. The van der Waals surface area contributed by atoms with Gasteiger partial charge in [-0.2, -0.15) is 10.2 Å². The Morgan fingerprint density at radius 3 is 2.23 bits per heavy atom. The molecule has 0 spiro atoms. The number of nitrogens with zero attached hydrogens (tertiary/aromatic N) is 9. The quantitative estimate of drug-likeness (QED) is 0.351. The average Bonchev–Trinajstić information content (AvgIpc) is 3.59. The number of aryl methyl sites for hydroxylation is 1. The summed E-state index contributed by atoms with van der Waals surface area (Å²) in [7, 11) is 1.89. The Balaban J connectivity index is 1.21. The first-order chi connectivity index (χ1) is 18.8. The van der Waals surface area contributed by atoms with Crippen molar-refractivity contribution >= 4 is 22.8 Å². The normalized spacial score (nSPS) is 15.4. The molecule has 0 aliphatic carbocycles. The maximum Gasteiger partial charge on any atom is 0.231 e. The van der Waals surface area contributed by atoms with Gasteiger partial charge in [0.15, 0.2) is 0 Å². The zero-order valence-electron chi connectivity index (χ0n) is 21.7. The molecule has 2 N–H and O–H groups in total. The summed E-state index contributed by atoms with van der Waals surface area (Å²) >= 11 is 0. The van der Waals surface area contributed by atoms with Gasteiger partial charge in [-0.05, 0) is 30.7 Å². The van der Waals surface area contributed by atoms with Crippen LogP contribution in [0.3, 0.4) is 0 Å². The van der Waals surface area contributed by atoms with Crippen LogP contribution in [0.2, 0.25) is 0 Å². The van der Waals surface area contributed by atoms with Crippen LogP contribution in [0.5, 0.6) is 0 Å². The molecule has 6 rings (SSSR count). The largest absolute Gasteiger partial charge is 0.375 e. The highest BCUT2D eigenvalue weighted by Gasteiger charge is 2.27. The highest BCUT2D eigenvalue weighted by molar-refractivity contribution is 5.88. The lowest BCUT2D eigenvalue weighted by Gasteiger charge is -2.37. The van der Waals surface area contributed by atoms with Gasteiger partial charge in [-0.1, -0.05) is 12.1 Å². The number of halogens is 1. The van der Waals surface area contributed by atoms with Gasteiger partial charge in [-0.15, -0.1) is 0 Å². The summed E-state index contributed by atoms with van der Waals surface area (Å²) in [4.78, 5) is 17.3. The van der Waals surface area contributed by atoms with Gasteiger partial charge in [0.05, 0.1) is 35.7 Å². The summed E-state index contributed by atoms with van der Waals surface area (Å²) in [5, 5.41) is 8.74. The van der Waals surface area contributed by atoms with E-state index < -0.39 is 5.54 Å². The van der Waals surface area contributed by atoms with Crippen LogP contribution in [0.1, 0.15) is 18.1 Å². The standard InChI is InChI=1S/C28H27FN10/c1-28(30,21-4-6-23(29)7-5-21)22-14-32-27(33-15-22)38-10-8-37(9-11-38)26-24(31-2)16-35-39-18-19(12-25(26)39)20-13-34-36(3)17-20/h4-7,12-18H,8-11,30H2,1,3H3/t28-/m0/s1. The Morgan fingerprint density at radius 2 is 1.59 bits per heavy atom. The third-order valence-electron chi connectivity index (χ3n) is 7.31. The lowest BCUT2D eigenvalue weighted by atomic mass is 9.87. The minimum Gasteiger partial charge on any atom is -0.375 e. The Hall–Kier alpha value is -4.82. The second kappa shape index (κ2) is 9.49. The fourth-order valence-electron chi connectivity index (χ4n) is 5.01. The third kappa shape index (κ3) is 4.45. The van der Waals surface area contributed by atoms with E-state index in [0.717, 1.165) is 33.5 Å². The van der Waals surface area contributed by atoms with Gasteiger partial charge in [-0.25, -0.2) is 23.7 Å². The first-order valence-electron chi connectivity index (χ1n) is 12.6. The van der Waals surface area contributed by atoms with Crippen LogP contribution in [0.15, 0.2) is 67.5 Å². The third-order valence-corrected chi connectivity index (χ3v) is 7.31. The van der Waals surface area contributed by atoms with E-state index in [0.29, 0.717) is 37.8 Å². The van der Waals surface area contributed by atoms with Gasteiger partial charge < -0.3 is 15.5 Å². The molecule has 4 aromatic heterocycles. The molecule has 5 aromatic rings. The molecule has 11 heteroatoms. The van der Waals surface area contributed by atoms with Crippen LogP contribution < -0.4 is 15.5 Å². The van der Waals surface area contributed by atoms with E-state index in [1.165, 1.54) is 12.1 Å². The molecule has 0 unspecified atom stereocenters. The molecule has 1 atom stereocenters. The maximum absolute atomic E-state index is 13.4. The number of nitrogens with two attached hydrogens (primary N) is 1. The Kier molecular flexibility index (Phi) is 5.96. The van der Waals surface area contributed by atoms with Gasteiger partial charge in [0.2, 0.25) is 11.6 Å². The van der Waals surface area contributed by atoms with Crippen molar-refractivity contribution in [1.29, 1.82) is 0 Å². The minimum absolute atomic E-state index is 0.304. The molecule has 1 aromatic carbocycles. The van der Waals surface area contributed by atoms with Crippen LogP contribution in [0.25, 0.3) is 21.5 Å². The molecule has 1 fully saturated rings. The maximum atomic E-state index is 13.4. The van der Waals surface area contributed by atoms with Crippen LogP contribution in [0, 0.1) is 12.4 Å². The van der Waals surface area contributed by atoms with Crippen LogP contribution >= 0.6 is 0 Å². The van der Waals surface area contributed by atoms with Crippen LogP contribution in [0.4, 0.5) is 21.7 Å². The molecular formula is C28H27FN10. The molecule has 1 aliphatic rings. The predicted octanol–water partition coefficient (Wildman–Crippen LogP) is 3.76. The predicted molar refractivity (Wildman–Crippen MR) is 147 cm³/mol. The molecule has 5 heterocycles. The molecule has 39 heavy (non-hydrogen) atoms. The van der Waals surface area contributed by atoms with Crippen molar-refractivity contribution in [1.82, 2.24) is 29.4 Å². The van der Waals surface area contributed by atoms with E-state index in [1.54, 1.807) is 35.4 Å². The fourth-order valence-corrected chi connectivity index (χ4v) is 5.01. The lowest BCUT2D eigenvalue weighted by Crippen LogP contribution is -2.47. The van der Waals surface area contributed by atoms with Crippen molar-refractivity contribution in [3.63, 3.8) is 0 Å². The number of hydrogen-bond donors (Lipinski definition) is 1. The molecule has 1 aliphatic heterocycles. The molecule has 10 nitrogen and oxygen atoms in total. The summed E-state index contributed by atoms with van der Waals surface area (Å²) in [5.41, 5.74) is 11.5. The first-order valence-corrected chi connectivity index (χ1v) is 12.6. The zero-order chi connectivity index (χ0) is 27.1. The highest BCUT2D eigenvalue weighted by atomic mass is 19.1. The molecule has 0 saturated carbocycles. The highest BCUT2D eigenvalue weighted by Crippen LogP contribution is 2.36. The number of fused-ring (bicyclic) bond motifs is 1. The van der Waals surface area contributed by atoms with Crippen LogP contribution in [-0.4, -0.2) is 55.5 Å². The summed E-state index contributed by atoms with van der Waals surface area (Å²) in [6.07, 6.45) is 10.8. The molecule has 1 saturated heterocycles. The molecule has 0 amide bonds. The summed E-state index contributed by atoms with van der Waals surface area (Å²) in [5.74, 6) is 0.322. The van der Waals surface area contributed by atoms with E-state index in [1.807, 2.05) is 37.1 Å². The topological polar surface area (TPSA) is 97.8 Å². The summed E-state index contributed by atoms with van der Waals surface area (Å²) in [6.45, 7) is 12.4. The Bertz CT molecular complexity index is 1670. The summed E-state index contributed by atoms with van der Waals surface area (Å²) < 4.78 is 17.0. The van der Waals surface area contributed by atoms with Crippen molar-refractivity contribution < 1.29 is 4.39 Å². The monoisotopic (exact) mass is 522 g/mol. The number of benzene rings is 1. The van der Waals surface area contributed by atoms with Crippen LogP contribution in [-0.2, 0) is 12.6 Å². The van der Waals surface area contributed by atoms with Gasteiger partial charge in [0, 0.05) is 74.7 Å². The Labute approximate surface area is 224 Å². The van der Waals surface area contributed by atoms with Crippen molar-refractivity contribution in [2.75, 3.05) is 36.0 Å². The zero-order valence-corrected chi connectivity index (χ0v) is 21.7. The van der Waals surface area contributed by atoms with E-state index >= 15 is 0 Å². The first kappa shape index (κ1) is 24.5. The number of hydrogen-bond acceptors (Lipinski definition) is 7. The molecule has 0 bridgehead atoms. The van der Waals surface area contributed by atoms with E-state index in [4.69, 9.17) is 12.3 Å². The molecular weight excluding hydrogens is 495 g/mol. The van der Waals surface area contributed by atoms with Crippen molar-refractivity contribution in [3.05, 3.63) is 95.9 Å². The Morgan fingerprint density at radius 1 is 0.897 bits per heavy atom. The number of rotatable bonds is 5. The second-order valence-corrected chi connectivity index (χ2v) is 9.91. The SMILES string of the molecule is [C-]#[N+]c1cnn2cc(-c3cnn(C)c3)cc2c1N1CCN(c2ncc([C@@](C)(N)c3ccc(F)cc3)cn2)CC1. The molecule has 196 valence electrons. The number of anilines is 2. The van der Waals surface area contributed by atoms with Gasteiger partial charge in [-0.3, -0.25) is 4.68 Å². The number of aromatic nitrogens is 6. The van der Waals surface area contributed by atoms with Gasteiger partial charge >= 0.3 is 0 Å². The van der Waals surface area contributed by atoms with Gasteiger partial charge in [0.25, 0.3) is 0 Å². The van der Waals surface area contributed by atoms with E-state index in [2.05, 4.69) is 40.9 Å². The van der Waals surface area contributed by atoms with Crippen molar-refractivity contribution in [2.45, 2.75) is 12.5 Å². The molecule has 0 radical (unpaired) electrons.